The molecule has 5 unspecified atom stereocenters. The molecule has 8 rings (SSSR count). The van der Waals surface area contributed by atoms with Crippen LogP contribution in [-0.4, -0.2) is 89.6 Å². The molecule has 2 amide bonds. The molecule has 2 saturated carbocycles. The van der Waals surface area contributed by atoms with E-state index >= 15 is 0 Å². The monoisotopic (exact) mass is 785 g/mol. The minimum absolute atomic E-state index is 0.132. The van der Waals surface area contributed by atoms with E-state index in [4.69, 9.17) is 28.9 Å². The average Bonchev–Trinajstić information content (AvgIpc) is 3.77. The van der Waals surface area contributed by atoms with E-state index in [9.17, 15) is 14.4 Å². The van der Waals surface area contributed by atoms with Crippen LogP contribution >= 0.6 is 0 Å². The van der Waals surface area contributed by atoms with Crippen LogP contribution in [0.25, 0.3) is 6.08 Å². The van der Waals surface area contributed by atoms with Gasteiger partial charge in [-0.3, -0.25) is 19.2 Å². The molecule has 6 aliphatic rings. The van der Waals surface area contributed by atoms with E-state index < -0.39 is 47.6 Å². The summed E-state index contributed by atoms with van der Waals surface area (Å²) in [7, 11) is 0. The summed E-state index contributed by atoms with van der Waals surface area (Å²) in [4.78, 5) is 48.7. The van der Waals surface area contributed by atoms with Gasteiger partial charge in [-0.15, -0.1) is 0 Å². The Balaban J connectivity index is 1.07. The maximum absolute atomic E-state index is 14.9. The zero-order valence-electron chi connectivity index (χ0n) is 33.4. The first-order valence-corrected chi connectivity index (χ1v) is 21.4. The van der Waals surface area contributed by atoms with Crippen LogP contribution in [0.2, 0.25) is 0 Å². The number of benzene rings is 2. The number of nitrogens with zero attached hydrogens (tertiary/aromatic N) is 1. The highest BCUT2D eigenvalue weighted by Crippen LogP contribution is 2.58. The molecule has 2 aromatic rings. The Bertz CT molecular complexity index is 1790. The number of esters is 1. The van der Waals surface area contributed by atoms with Gasteiger partial charge in [0, 0.05) is 37.9 Å². The molecule has 308 valence electrons. The number of epoxide rings is 1. The molecule has 3 N–H and O–H groups in total. The van der Waals surface area contributed by atoms with E-state index in [2.05, 4.69) is 48.8 Å². The number of hydrogen-bond acceptors (Lipinski definition) is 10. The number of ether oxygens (including phenoxy) is 4. The van der Waals surface area contributed by atoms with Gasteiger partial charge < -0.3 is 34.7 Å². The third-order valence-corrected chi connectivity index (χ3v) is 12.9. The van der Waals surface area contributed by atoms with Crippen LogP contribution in [0.1, 0.15) is 118 Å². The topological polar surface area (TPSA) is 148 Å². The Hall–Kier alpha value is -3.65. The van der Waals surface area contributed by atoms with Crippen molar-refractivity contribution in [2.75, 3.05) is 13.2 Å². The lowest BCUT2D eigenvalue weighted by Gasteiger charge is -2.48. The number of amides is 2. The molecule has 0 aromatic heterocycles. The van der Waals surface area contributed by atoms with Crippen molar-refractivity contribution in [2.24, 2.45) is 11.3 Å². The van der Waals surface area contributed by atoms with Crippen molar-refractivity contribution in [3.63, 3.8) is 0 Å². The predicted octanol–water partition coefficient (Wildman–Crippen LogP) is 5.75. The van der Waals surface area contributed by atoms with Crippen LogP contribution in [0, 0.1) is 11.3 Å². The quantitative estimate of drug-likeness (QED) is 0.0971. The summed E-state index contributed by atoms with van der Waals surface area (Å²) in [6.45, 7) is 4.72. The minimum atomic E-state index is -1.31. The number of nitrogens with one attached hydrogen (secondary N) is 2. The fourth-order valence-corrected chi connectivity index (χ4v) is 9.97. The number of unbranched alkanes of at least 4 members (excludes halogenated alkanes) is 4. The number of allylic oxidation sites excluding steroid dienone is 1. The van der Waals surface area contributed by atoms with Crippen LogP contribution < -0.4 is 10.6 Å². The van der Waals surface area contributed by atoms with Gasteiger partial charge in [-0.25, -0.2) is 0 Å². The Morgan fingerprint density at radius 2 is 1.68 bits per heavy atom. The molecule has 2 aliphatic carbocycles. The van der Waals surface area contributed by atoms with E-state index in [0.717, 1.165) is 87.3 Å². The van der Waals surface area contributed by atoms with Crippen LogP contribution in [-0.2, 0) is 46.5 Å². The first-order valence-electron chi connectivity index (χ1n) is 21.4. The number of hydroxylamine groups is 2. The van der Waals surface area contributed by atoms with Gasteiger partial charge in [0.15, 0.2) is 11.8 Å². The molecule has 57 heavy (non-hydrogen) atoms. The van der Waals surface area contributed by atoms with Crippen LogP contribution in [0.4, 0.5) is 0 Å². The molecule has 6 fully saturated rings. The Morgan fingerprint density at radius 1 is 0.912 bits per heavy atom. The molecule has 9 atom stereocenters. The Kier molecular flexibility index (Phi) is 12.2. The predicted molar refractivity (Wildman–Crippen MR) is 211 cm³/mol. The van der Waals surface area contributed by atoms with Crippen molar-refractivity contribution in [2.45, 2.75) is 152 Å². The standard InChI is InChI=1S/C45H59N3O9/c1-3-5-7-19-44(20-8-6-4-2)55-37-36-26-45(43(52)47-27-31-12-10-14-33(24-31)41(50)46-21-22-49)39(42(51)54-36)48(57-40(45)38(37)56-44)28-32-13-9-11-29(23-32)15-16-30-17-18-34-35(25-30)53-34/h9-16,23-24,30,34-40,49H,3-8,17-22,25-28H2,1-2H3,(H,46,50)(H,47,52)/t30?,34?,35?,36?,37-,38-,39-,40+,45?/m0/s1. The maximum Gasteiger partial charge on any atom is 0.327 e. The lowest BCUT2D eigenvalue weighted by molar-refractivity contribution is -0.224. The third-order valence-electron chi connectivity index (χ3n) is 12.9. The van der Waals surface area contributed by atoms with Gasteiger partial charge in [0.25, 0.3) is 5.91 Å². The summed E-state index contributed by atoms with van der Waals surface area (Å²) < 4.78 is 25.9. The molecule has 2 bridgehead atoms. The number of rotatable bonds is 18. The number of carbonyl (C=O) groups is 3. The number of aliphatic hydroxyl groups is 1. The molecular weight excluding hydrogens is 727 g/mol. The summed E-state index contributed by atoms with van der Waals surface area (Å²) in [6.07, 6.45) is 13.8. The van der Waals surface area contributed by atoms with Gasteiger partial charge in [-0.2, -0.15) is 5.06 Å². The summed E-state index contributed by atoms with van der Waals surface area (Å²) in [6, 6.07) is 14.2. The average molecular weight is 786 g/mol. The zero-order valence-corrected chi connectivity index (χ0v) is 33.4. The van der Waals surface area contributed by atoms with Gasteiger partial charge in [0.2, 0.25) is 5.91 Å². The molecular formula is C45H59N3O9. The largest absolute Gasteiger partial charge is 0.458 e. The third kappa shape index (κ3) is 8.31. The second-order valence-electron chi connectivity index (χ2n) is 17.0. The SMILES string of the molecule is CCCCCC1(CCCCC)O[C@@H]2[C@H]3ON(Cc4cccc(C=CC5CCC6OC6C5)c4)[C@H]4C(=O)OC(CC34C(=O)NCc3cccc(C(=O)NCCO)c3)[C@@H]2O1. The fraction of sp³-hybridized carbons (Fsp3) is 0.622. The van der Waals surface area contributed by atoms with Gasteiger partial charge in [-0.05, 0) is 66.8 Å². The minimum Gasteiger partial charge on any atom is -0.458 e. The normalized spacial score (nSPS) is 32.1. The van der Waals surface area contributed by atoms with Gasteiger partial charge in [0.05, 0.1) is 25.4 Å². The highest BCUT2D eigenvalue weighted by molar-refractivity contribution is 5.95. The van der Waals surface area contributed by atoms with Crippen LogP contribution in [0.5, 0.6) is 0 Å². The smallest absolute Gasteiger partial charge is 0.327 e. The van der Waals surface area contributed by atoms with Crippen molar-refractivity contribution in [3.05, 3.63) is 76.9 Å². The lowest BCUT2D eigenvalue weighted by Crippen LogP contribution is -2.69. The molecule has 0 spiro atoms. The maximum atomic E-state index is 14.9. The van der Waals surface area contributed by atoms with Crippen LogP contribution in [0.3, 0.4) is 0 Å². The highest BCUT2D eigenvalue weighted by atomic mass is 16.8. The second kappa shape index (κ2) is 17.3. The highest BCUT2D eigenvalue weighted by Gasteiger charge is 2.76. The Morgan fingerprint density at radius 3 is 2.46 bits per heavy atom. The van der Waals surface area contributed by atoms with Crippen molar-refractivity contribution >= 4 is 23.9 Å². The van der Waals surface area contributed by atoms with E-state index in [1.165, 1.54) is 0 Å². The lowest BCUT2D eigenvalue weighted by atomic mass is 9.62. The van der Waals surface area contributed by atoms with E-state index in [1.54, 1.807) is 23.3 Å². The molecule has 0 radical (unpaired) electrons. The first kappa shape index (κ1) is 40.1. The number of hydrogen-bond donors (Lipinski definition) is 3. The van der Waals surface area contributed by atoms with Crippen molar-refractivity contribution in [1.29, 1.82) is 0 Å². The summed E-state index contributed by atoms with van der Waals surface area (Å²) in [5.41, 5.74) is 1.83. The van der Waals surface area contributed by atoms with Crippen molar-refractivity contribution < 1.29 is 43.3 Å². The van der Waals surface area contributed by atoms with E-state index in [-0.39, 0.29) is 44.5 Å². The van der Waals surface area contributed by atoms with Crippen molar-refractivity contribution in [3.8, 4) is 0 Å². The molecule has 4 heterocycles. The van der Waals surface area contributed by atoms with Gasteiger partial charge in [0.1, 0.15) is 29.8 Å². The molecule has 4 aliphatic heterocycles. The van der Waals surface area contributed by atoms with Gasteiger partial charge in [-0.1, -0.05) is 88.1 Å². The van der Waals surface area contributed by atoms with E-state index in [1.807, 2.05) is 18.2 Å². The molecule has 2 aromatic carbocycles. The molecule has 4 saturated heterocycles. The van der Waals surface area contributed by atoms with E-state index in [0.29, 0.717) is 23.7 Å². The van der Waals surface area contributed by atoms with Gasteiger partial charge >= 0.3 is 5.97 Å². The first-order chi connectivity index (χ1) is 27.8. The number of aliphatic hydroxyl groups excluding tert-OH is 1. The van der Waals surface area contributed by atoms with Crippen LogP contribution in [0.15, 0.2) is 54.6 Å². The number of carbonyl (C=O) groups excluding carboxylic acids is 3. The molecule has 12 heteroatoms. The number of fused-ring (bicyclic) bond motifs is 5. The second-order valence-corrected chi connectivity index (χ2v) is 17.0. The molecule has 12 nitrogen and oxygen atoms in total. The zero-order chi connectivity index (χ0) is 39.6. The Labute approximate surface area is 335 Å². The summed E-state index contributed by atoms with van der Waals surface area (Å²) in [5.74, 6) is -1.49. The summed E-state index contributed by atoms with van der Waals surface area (Å²) >= 11 is 0. The van der Waals surface area contributed by atoms with Crippen molar-refractivity contribution in [1.82, 2.24) is 15.7 Å². The fourth-order valence-electron chi connectivity index (χ4n) is 9.97. The summed E-state index contributed by atoms with van der Waals surface area (Å²) in [5, 5.41) is 16.6.